The zero-order chi connectivity index (χ0) is 27.0. The van der Waals surface area contributed by atoms with Crippen LogP contribution in [-0.4, -0.2) is 33.8 Å². The molecule has 0 bridgehead atoms. The fourth-order valence-corrected chi connectivity index (χ4v) is 11.3. The molecule has 0 heterocycles. The minimum atomic E-state index is -2.48. The van der Waals surface area contributed by atoms with Crippen LogP contribution in [0.25, 0.3) is 0 Å². The molecular weight excluding hydrogens is 587 g/mol. The number of benzene rings is 2. The van der Waals surface area contributed by atoms with Gasteiger partial charge in [0.2, 0.25) is 0 Å². The molecule has 0 amide bonds. The van der Waals surface area contributed by atoms with Gasteiger partial charge in [0.1, 0.15) is 0 Å². The van der Waals surface area contributed by atoms with Gasteiger partial charge in [-0.1, -0.05) is 132 Å². The molecule has 2 rings (SSSR count). The molecule has 0 aromatic heterocycles. The zero-order valence-corrected chi connectivity index (χ0v) is 28.5. The van der Waals surface area contributed by atoms with Crippen molar-refractivity contribution in [3.05, 3.63) is 60.7 Å². The van der Waals surface area contributed by atoms with E-state index in [2.05, 4.69) is 145 Å². The van der Waals surface area contributed by atoms with Crippen LogP contribution in [0.1, 0.15) is 74.1 Å². The molecule has 0 fully saturated rings. The van der Waals surface area contributed by atoms with Crippen LogP contribution in [0.3, 0.4) is 0 Å². The second-order valence-corrected chi connectivity index (χ2v) is 23.1. The molecule has 2 atom stereocenters. The van der Waals surface area contributed by atoms with Crippen LogP contribution >= 0.6 is 22.6 Å². The molecule has 36 heavy (non-hydrogen) atoms. The minimum absolute atomic E-state index is 0.0176. The lowest BCUT2D eigenvalue weighted by molar-refractivity contribution is 0.144. The summed E-state index contributed by atoms with van der Waals surface area (Å²) in [6.45, 7) is 22.0. The zero-order valence-electron chi connectivity index (χ0n) is 24.4. The third kappa shape index (κ3) is 8.26. The van der Waals surface area contributed by atoms with E-state index in [9.17, 15) is 0 Å². The Balaban J connectivity index is 2.21. The SMILES string of the molecule is C[C@@H](CC[C@H](CCCI)O[Si](C)(C)C(C)(C)C)CO[Si](c1ccccc1)(c1ccccc1)C(C)(C)C. The maximum atomic E-state index is 7.20. The largest absolute Gasteiger partial charge is 0.414 e. The number of hydrogen-bond acceptors (Lipinski definition) is 2. The fourth-order valence-electron chi connectivity index (χ4n) is 4.74. The van der Waals surface area contributed by atoms with E-state index in [0.717, 1.165) is 25.9 Å². The summed E-state index contributed by atoms with van der Waals surface area (Å²) in [5.41, 5.74) is 0. The molecule has 0 aliphatic carbocycles. The first-order chi connectivity index (χ1) is 16.7. The Morgan fingerprint density at radius 2 is 1.25 bits per heavy atom. The van der Waals surface area contributed by atoms with Gasteiger partial charge in [0.15, 0.2) is 8.32 Å². The summed E-state index contributed by atoms with van der Waals surface area (Å²) < 4.78 is 15.3. The van der Waals surface area contributed by atoms with Gasteiger partial charge in [-0.05, 0) is 69.6 Å². The predicted octanol–water partition coefficient (Wildman–Crippen LogP) is 8.58. The number of alkyl halides is 1. The van der Waals surface area contributed by atoms with Gasteiger partial charge in [0.25, 0.3) is 8.32 Å². The van der Waals surface area contributed by atoms with Crippen LogP contribution in [0.4, 0.5) is 0 Å². The van der Waals surface area contributed by atoms with Gasteiger partial charge in [-0.2, -0.15) is 0 Å². The summed E-state index contributed by atoms with van der Waals surface area (Å²) >= 11 is 2.50. The third-order valence-electron chi connectivity index (χ3n) is 7.91. The summed E-state index contributed by atoms with van der Waals surface area (Å²) in [5, 5.41) is 2.98. The highest BCUT2D eigenvalue weighted by Crippen LogP contribution is 2.39. The Kier molecular flexibility index (Phi) is 11.9. The Morgan fingerprint density at radius 1 is 0.750 bits per heavy atom. The van der Waals surface area contributed by atoms with Gasteiger partial charge in [0.05, 0.1) is 0 Å². The smallest absolute Gasteiger partial charge is 0.261 e. The maximum absolute atomic E-state index is 7.20. The maximum Gasteiger partial charge on any atom is 0.261 e. The lowest BCUT2D eigenvalue weighted by Gasteiger charge is -2.43. The van der Waals surface area contributed by atoms with Gasteiger partial charge < -0.3 is 8.85 Å². The van der Waals surface area contributed by atoms with Crippen molar-refractivity contribution in [2.75, 3.05) is 11.0 Å². The molecule has 0 saturated heterocycles. The van der Waals surface area contributed by atoms with Crippen molar-refractivity contribution in [2.24, 2.45) is 5.92 Å². The number of rotatable bonds is 13. The van der Waals surface area contributed by atoms with Crippen molar-refractivity contribution in [1.82, 2.24) is 0 Å². The summed E-state index contributed by atoms with van der Waals surface area (Å²) in [7, 11) is -4.26. The summed E-state index contributed by atoms with van der Waals surface area (Å²) in [5.74, 6) is 0.483. The molecule has 0 saturated carbocycles. The van der Waals surface area contributed by atoms with E-state index in [4.69, 9.17) is 8.85 Å². The van der Waals surface area contributed by atoms with Crippen LogP contribution < -0.4 is 10.4 Å². The molecule has 0 aliphatic heterocycles. The Hall–Kier alpha value is -0.476. The van der Waals surface area contributed by atoms with E-state index in [0.29, 0.717) is 12.0 Å². The van der Waals surface area contributed by atoms with Crippen LogP contribution in [0, 0.1) is 5.92 Å². The molecular formula is C31H51IO2Si2. The molecule has 0 radical (unpaired) electrons. The van der Waals surface area contributed by atoms with Gasteiger partial charge in [-0.15, -0.1) is 0 Å². The van der Waals surface area contributed by atoms with Crippen molar-refractivity contribution in [3.63, 3.8) is 0 Å². The molecule has 2 nitrogen and oxygen atoms in total. The number of hydrogen-bond donors (Lipinski definition) is 0. The Labute approximate surface area is 238 Å². The van der Waals surface area contributed by atoms with E-state index in [-0.39, 0.29) is 10.1 Å². The standard InChI is InChI=1S/C31H51IO2Si2/c1-26(22-23-27(17-16-24-32)34-35(8,9)30(2,3)4)25-33-36(31(5,6)7,28-18-12-10-13-19-28)29-20-14-11-15-21-29/h10-15,18-21,26-27H,16-17,22-25H2,1-9H3/t26-,27-/m0/s1. The quantitative estimate of drug-likeness (QED) is 0.124. The predicted molar refractivity (Wildman–Crippen MR) is 172 cm³/mol. The van der Waals surface area contributed by atoms with Crippen LogP contribution in [0.2, 0.25) is 23.2 Å². The van der Waals surface area contributed by atoms with E-state index in [1.54, 1.807) is 0 Å². The second kappa shape index (κ2) is 13.5. The topological polar surface area (TPSA) is 18.5 Å². The average Bonchev–Trinajstić information content (AvgIpc) is 2.81. The molecule has 0 aliphatic rings. The first-order valence-electron chi connectivity index (χ1n) is 13.7. The highest BCUT2D eigenvalue weighted by molar-refractivity contribution is 14.1. The molecule has 2 aromatic rings. The first-order valence-corrected chi connectivity index (χ1v) is 20.1. The molecule has 0 spiro atoms. The van der Waals surface area contributed by atoms with E-state index >= 15 is 0 Å². The van der Waals surface area contributed by atoms with Crippen molar-refractivity contribution in [1.29, 1.82) is 0 Å². The fraction of sp³-hybridized carbons (Fsp3) is 0.613. The van der Waals surface area contributed by atoms with Crippen molar-refractivity contribution in [3.8, 4) is 0 Å². The van der Waals surface area contributed by atoms with Gasteiger partial charge in [-0.25, -0.2) is 0 Å². The molecule has 2 aromatic carbocycles. The summed E-state index contributed by atoms with van der Waals surface area (Å²) in [6, 6.07) is 22.0. The van der Waals surface area contributed by atoms with E-state index < -0.39 is 16.6 Å². The van der Waals surface area contributed by atoms with Crippen LogP contribution in [-0.2, 0) is 8.85 Å². The second-order valence-electron chi connectivity index (χ2n) is 13.0. The van der Waals surface area contributed by atoms with E-state index in [1.807, 2.05) is 0 Å². The highest BCUT2D eigenvalue weighted by Gasteiger charge is 2.50. The average molecular weight is 639 g/mol. The van der Waals surface area contributed by atoms with Crippen molar-refractivity contribution < 1.29 is 8.85 Å². The Bertz CT molecular complexity index is 849. The molecule has 202 valence electrons. The van der Waals surface area contributed by atoms with Crippen molar-refractivity contribution in [2.45, 2.75) is 103 Å². The highest BCUT2D eigenvalue weighted by atomic mass is 127. The summed E-state index contributed by atoms with van der Waals surface area (Å²) in [6.07, 6.45) is 5.01. The minimum Gasteiger partial charge on any atom is -0.414 e. The lowest BCUT2D eigenvalue weighted by Crippen LogP contribution is -2.66. The third-order valence-corrected chi connectivity index (χ3v) is 18.2. The van der Waals surface area contributed by atoms with Crippen molar-refractivity contribution >= 4 is 49.6 Å². The van der Waals surface area contributed by atoms with Gasteiger partial charge in [-0.3, -0.25) is 0 Å². The van der Waals surface area contributed by atoms with E-state index in [1.165, 1.54) is 21.2 Å². The van der Waals surface area contributed by atoms with Gasteiger partial charge >= 0.3 is 0 Å². The Morgan fingerprint density at radius 3 is 1.67 bits per heavy atom. The molecule has 0 N–H and O–H groups in total. The normalized spacial score (nSPS) is 15.1. The summed E-state index contributed by atoms with van der Waals surface area (Å²) in [4.78, 5) is 0. The molecule has 0 unspecified atom stereocenters. The lowest BCUT2D eigenvalue weighted by atomic mass is 10.0. The van der Waals surface area contributed by atoms with Crippen LogP contribution in [0.15, 0.2) is 60.7 Å². The first kappa shape index (κ1) is 31.7. The number of halogens is 1. The van der Waals surface area contributed by atoms with Gasteiger partial charge in [0, 0.05) is 12.7 Å². The van der Waals surface area contributed by atoms with Crippen LogP contribution in [0.5, 0.6) is 0 Å². The molecule has 5 heteroatoms. The monoisotopic (exact) mass is 638 g/mol.